The van der Waals surface area contributed by atoms with Crippen molar-refractivity contribution in [2.24, 2.45) is 0 Å². The summed E-state index contributed by atoms with van der Waals surface area (Å²) < 4.78 is 0. The molecule has 0 saturated heterocycles. The van der Waals surface area contributed by atoms with Gasteiger partial charge in [-0.15, -0.1) is 0 Å². The van der Waals surface area contributed by atoms with Crippen LogP contribution < -0.4 is 10.6 Å². The molecule has 7 nitrogen and oxygen atoms in total. The van der Waals surface area contributed by atoms with Crippen LogP contribution in [0, 0.1) is 30.9 Å². The standard InChI is InChI=1S/C14H17N5O2/c1-8-5-6-9(2)11(7-8)17-13-12(19(20)21)10(3)16-14(15-4)18-13/h5-7H,1-4H3,(H2,15,16,17,18). The van der Waals surface area contributed by atoms with E-state index >= 15 is 0 Å². The van der Waals surface area contributed by atoms with Gasteiger partial charge in [0.25, 0.3) is 0 Å². The van der Waals surface area contributed by atoms with E-state index in [-0.39, 0.29) is 11.5 Å². The summed E-state index contributed by atoms with van der Waals surface area (Å²) in [6, 6.07) is 5.87. The van der Waals surface area contributed by atoms with E-state index in [4.69, 9.17) is 0 Å². The Kier molecular flexibility index (Phi) is 4.02. The number of rotatable bonds is 4. The van der Waals surface area contributed by atoms with E-state index in [1.54, 1.807) is 14.0 Å². The number of nitrogens with one attached hydrogen (secondary N) is 2. The normalized spacial score (nSPS) is 10.3. The minimum atomic E-state index is -0.470. The smallest absolute Gasteiger partial charge is 0.332 e. The largest absolute Gasteiger partial charge is 0.357 e. The molecule has 7 heteroatoms. The minimum Gasteiger partial charge on any atom is -0.357 e. The van der Waals surface area contributed by atoms with Crippen molar-refractivity contribution in [3.63, 3.8) is 0 Å². The lowest BCUT2D eigenvalue weighted by molar-refractivity contribution is -0.385. The molecule has 110 valence electrons. The number of hydrogen-bond donors (Lipinski definition) is 2. The number of aryl methyl sites for hydroxylation is 3. The van der Waals surface area contributed by atoms with E-state index in [1.165, 1.54) is 0 Å². The quantitative estimate of drug-likeness (QED) is 0.663. The first-order valence-electron chi connectivity index (χ1n) is 6.47. The molecule has 0 aliphatic heterocycles. The van der Waals surface area contributed by atoms with Crippen molar-refractivity contribution in [3.05, 3.63) is 45.1 Å². The third-order valence-electron chi connectivity index (χ3n) is 3.11. The zero-order valence-electron chi connectivity index (χ0n) is 12.4. The van der Waals surface area contributed by atoms with Crippen LogP contribution >= 0.6 is 0 Å². The van der Waals surface area contributed by atoms with Crippen molar-refractivity contribution < 1.29 is 4.92 Å². The van der Waals surface area contributed by atoms with Gasteiger partial charge >= 0.3 is 5.69 Å². The van der Waals surface area contributed by atoms with Crippen LogP contribution in [0.1, 0.15) is 16.8 Å². The predicted molar refractivity (Wildman–Crippen MR) is 82.2 cm³/mol. The monoisotopic (exact) mass is 287 g/mol. The van der Waals surface area contributed by atoms with Crippen LogP contribution in [-0.4, -0.2) is 21.9 Å². The molecule has 0 aliphatic carbocycles. The highest BCUT2D eigenvalue weighted by Gasteiger charge is 2.22. The van der Waals surface area contributed by atoms with Gasteiger partial charge in [-0.3, -0.25) is 10.1 Å². The zero-order chi connectivity index (χ0) is 15.6. The molecular weight excluding hydrogens is 270 g/mol. The van der Waals surface area contributed by atoms with E-state index in [1.807, 2.05) is 32.0 Å². The Balaban J connectivity index is 2.54. The number of nitro groups is 1. The molecule has 0 fully saturated rings. The summed E-state index contributed by atoms with van der Waals surface area (Å²) >= 11 is 0. The maximum Gasteiger partial charge on any atom is 0.332 e. The Morgan fingerprint density at radius 2 is 1.90 bits per heavy atom. The van der Waals surface area contributed by atoms with E-state index in [9.17, 15) is 10.1 Å². The Morgan fingerprint density at radius 3 is 2.52 bits per heavy atom. The number of hydrogen-bond acceptors (Lipinski definition) is 6. The SMILES string of the molecule is CNc1nc(C)c([N+](=O)[O-])c(Nc2cc(C)ccc2C)n1. The van der Waals surface area contributed by atoms with Gasteiger partial charge in [-0.2, -0.15) is 4.98 Å². The third-order valence-corrected chi connectivity index (χ3v) is 3.11. The molecule has 2 N–H and O–H groups in total. The predicted octanol–water partition coefficient (Wildman–Crippen LogP) is 3.10. The zero-order valence-corrected chi connectivity index (χ0v) is 12.4. The first-order valence-corrected chi connectivity index (χ1v) is 6.47. The van der Waals surface area contributed by atoms with Gasteiger partial charge in [0.2, 0.25) is 11.8 Å². The van der Waals surface area contributed by atoms with Crippen molar-refractivity contribution in [1.82, 2.24) is 9.97 Å². The van der Waals surface area contributed by atoms with Crippen LogP contribution in [0.3, 0.4) is 0 Å². The molecule has 0 amide bonds. The molecule has 0 unspecified atom stereocenters. The maximum atomic E-state index is 11.2. The molecule has 0 atom stereocenters. The van der Waals surface area contributed by atoms with E-state index in [0.29, 0.717) is 11.6 Å². The summed E-state index contributed by atoms with van der Waals surface area (Å²) in [6.45, 7) is 5.48. The topological polar surface area (TPSA) is 93.0 Å². The molecule has 0 bridgehead atoms. The highest BCUT2D eigenvalue weighted by Crippen LogP contribution is 2.30. The van der Waals surface area contributed by atoms with Gasteiger partial charge in [0, 0.05) is 12.7 Å². The molecule has 0 radical (unpaired) electrons. The second kappa shape index (κ2) is 5.74. The van der Waals surface area contributed by atoms with Gasteiger partial charge in [-0.05, 0) is 38.0 Å². The van der Waals surface area contributed by atoms with Crippen LogP contribution in [0.5, 0.6) is 0 Å². The van der Waals surface area contributed by atoms with E-state index in [2.05, 4.69) is 20.6 Å². The van der Waals surface area contributed by atoms with Crippen LogP contribution in [0.2, 0.25) is 0 Å². The van der Waals surface area contributed by atoms with Gasteiger partial charge in [-0.1, -0.05) is 12.1 Å². The third kappa shape index (κ3) is 3.07. The number of aromatic nitrogens is 2. The van der Waals surface area contributed by atoms with Crippen molar-refractivity contribution >= 4 is 23.1 Å². The number of benzene rings is 1. The second-order valence-corrected chi connectivity index (χ2v) is 4.78. The summed E-state index contributed by atoms with van der Waals surface area (Å²) in [7, 11) is 1.67. The lowest BCUT2D eigenvalue weighted by atomic mass is 10.1. The van der Waals surface area contributed by atoms with Gasteiger partial charge in [0.05, 0.1) is 4.92 Å². The maximum absolute atomic E-state index is 11.2. The fraction of sp³-hybridized carbons (Fsp3) is 0.286. The van der Waals surface area contributed by atoms with Crippen LogP contribution in [0.4, 0.5) is 23.1 Å². The van der Waals surface area contributed by atoms with E-state index < -0.39 is 4.92 Å². The van der Waals surface area contributed by atoms with Gasteiger partial charge in [0.1, 0.15) is 5.69 Å². The summed E-state index contributed by atoms with van der Waals surface area (Å²) in [5.41, 5.74) is 3.03. The van der Waals surface area contributed by atoms with Crippen LogP contribution in [-0.2, 0) is 0 Å². The Bertz CT molecular complexity index is 700. The molecule has 1 heterocycles. The molecule has 2 aromatic rings. The minimum absolute atomic E-state index is 0.116. The molecule has 2 rings (SSSR count). The summed E-state index contributed by atoms with van der Waals surface area (Å²) in [4.78, 5) is 19.0. The van der Waals surface area contributed by atoms with Crippen molar-refractivity contribution in [1.29, 1.82) is 0 Å². The van der Waals surface area contributed by atoms with E-state index in [0.717, 1.165) is 16.8 Å². The first kappa shape index (κ1) is 14.7. The number of anilines is 3. The highest BCUT2D eigenvalue weighted by molar-refractivity contribution is 5.70. The Hall–Kier alpha value is -2.70. The summed E-state index contributed by atoms with van der Waals surface area (Å²) in [5.74, 6) is 0.524. The summed E-state index contributed by atoms with van der Waals surface area (Å²) in [5, 5.41) is 17.1. The van der Waals surface area contributed by atoms with Crippen LogP contribution in [0.25, 0.3) is 0 Å². The fourth-order valence-corrected chi connectivity index (χ4v) is 1.98. The molecular formula is C14H17N5O2. The van der Waals surface area contributed by atoms with Crippen LogP contribution in [0.15, 0.2) is 18.2 Å². The lowest BCUT2D eigenvalue weighted by Crippen LogP contribution is -2.07. The second-order valence-electron chi connectivity index (χ2n) is 4.78. The average Bonchev–Trinajstić information content (AvgIpc) is 2.41. The molecule has 21 heavy (non-hydrogen) atoms. The molecule has 0 saturated carbocycles. The molecule has 1 aromatic heterocycles. The molecule has 0 aliphatic rings. The fourth-order valence-electron chi connectivity index (χ4n) is 1.98. The highest BCUT2D eigenvalue weighted by atomic mass is 16.6. The molecule has 0 spiro atoms. The van der Waals surface area contributed by atoms with Gasteiger partial charge in [-0.25, -0.2) is 4.98 Å². The van der Waals surface area contributed by atoms with Gasteiger partial charge in [0.15, 0.2) is 0 Å². The van der Waals surface area contributed by atoms with Crippen molar-refractivity contribution in [3.8, 4) is 0 Å². The summed E-state index contributed by atoms with van der Waals surface area (Å²) in [6.07, 6.45) is 0. The lowest BCUT2D eigenvalue weighted by Gasteiger charge is -2.12. The Labute approximate surface area is 122 Å². The van der Waals surface area contributed by atoms with Crippen molar-refractivity contribution in [2.75, 3.05) is 17.7 Å². The molecule has 1 aromatic carbocycles. The number of nitrogens with zero attached hydrogens (tertiary/aromatic N) is 3. The van der Waals surface area contributed by atoms with Crippen molar-refractivity contribution in [2.45, 2.75) is 20.8 Å². The Morgan fingerprint density at radius 1 is 1.19 bits per heavy atom. The average molecular weight is 287 g/mol. The first-order chi connectivity index (χ1) is 9.92. The van der Waals surface area contributed by atoms with Gasteiger partial charge < -0.3 is 10.6 Å².